The fourth-order valence-electron chi connectivity index (χ4n) is 3.72. The van der Waals surface area contributed by atoms with E-state index in [1.807, 2.05) is 47.8 Å². The van der Waals surface area contributed by atoms with Crippen LogP contribution in [0.1, 0.15) is 15.9 Å². The third-order valence-electron chi connectivity index (χ3n) is 5.79. The van der Waals surface area contributed by atoms with Crippen LogP contribution in [0.2, 0.25) is 10.0 Å². The van der Waals surface area contributed by atoms with Gasteiger partial charge in [-0.05, 0) is 72.3 Å². The maximum atomic E-state index is 12.6. The van der Waals surface area contributed by atoms with Crippen LogP contribution in [0.15, 0.2) is 108 Å². The number of amides is 2. The maximum absolute atomic E-state index is 12.6. The number of carbonyl (C=O) groups is 2. The lowest BCUT2D eigenvalue weighted by Crippen LogP contribution is -2.20. The molecule has 2 amide bonds. The number of hydrazone groups is 1. The van der Waals surface area contributed by atoms with Crippen molar-refractivity contribution < 1.29 is 14.3 Å². The first-order valence-corrected chi connectivity index (χ1v) is 14.3. The smallest absolute Gasteiger partial charge is 0.271 e. The first-order chi connectivity index (χ1) is 20.4. The van der Waals surface area contributed by atoms with Gasteiger partial charge in [-0.15, -0.1) is 11.3 Å². The Balaban J connectivity index is 1.10. The van der Waals surface area contributed by atoms with Gasteiger partial charge >= 0.3 is 0 Å². The van der Waals surface area contributed by atoms with Crippen molar-refractivity contribution in [1.29, 1.82) is 0 Å². The highest BCUT2D eigenvalue weighted by molar-refractivity contribution is 7.14. The van der Waals surface area contributed by atoms with Crippen LogP contribution in [0.25, 0.3) is 11.3 Å². The summed E-state index contributed by atoms with van der Waals surface area (Å²) in [5.41, 5.74) is 6.88. The Morgan fingerprint density at radius 3 is 2.40 bits per heavy atom. The van der Waals surface area contributed by atoms with E-state index >= 15 is 0 Å². The Morgan fingerprint density at radius 2 is 1.67 bits per heavy atom. The van der Waals surface area contributed by atoms with E-state index in [2.05, 4.69) is 26.1 Å². The van der Waals surface area contributed by atoms with E-state index in [9.17, 15) is 9.59 Å². The molecule has 0 spiro atoms. The molecule has 0 atom stereocenters. The zero-order valence-corrected chi connectivity index (χ0v) is 24.2. The molecule has 3 N–H and O–H groups in total. The van der Waals surface area contributed by atoms with E-state index in [4.69, 9.17) is 27.9 Å². The van der Waals surface area contributed by atoms with Crippen LogP contribution in [0.4, 0.5) is 16.5 Å². The summed E-state index contributed by atoms with van der Waals surface area (Å²) in [4.78, 5) is 29.3. The van der Waals surface area contributed by atoms with Gasteiger partial charge in [-0.25, -0.2) is 10.4 Å². The van der Waals surface area contributed by atoms with Crippen LogP contribution in [0.5, 0.6) is 5.75 Å². The normalized spacial score (nSPS) is 10.8. The molecule has 0 unspecified atom stereocenters. The summed E-state index contributed by atoms with van der Waals surface area (Å²) in [6.45, 7) is -0.223. The first kappa shape index (κ1) is 28.8. The number of carbonyl (C=O) groups excluding carboxylic acids is 2. The molecule has 0 aliphatic carbocycles. The Bertz CT molecular complexity index is 1710. The van der Waals surface area contributed by atoms with Gasteiger partial charge in [0.15, 0.2) is 11.7 Å². The van der Waals surface area contributed by atoms with E-state index in [1.165, 1.54) is 17.6 Å². The van der Waals surface area contributed by atoms with Crippen LogP contribution in [-0.4, -0.2) is 29.6 Å². The van der Waals surface area contributed by atoms with Crippen LogP contribution in [0.3, 0.4) is 0 Å². The number of thiazole rings is 1. The molecule has 0 aliphatic heterocycles. The number of ether oxygens (including phenoxy) is 1. The van der Waals surface area contributed by atoms with Gasteiger partial charge in [0.05, 0.1) is 16.9 Å². The molecule has 4 aromatic carbocycles. The molecule has 1 heterocycles. The second-order valence-corrected chi connectivity index (χ2v) is 10.5. The van der Waals surface area contributed by atoms with Gasteiger partial charge in [-0.2, -0.15) is 5.10 Å². The molecular weight excluding hydrogens is 593 g/mol. The van der Waals surface area contributed by atoms with Gasteiger partial charge in [-0.3, -0.25) is 9.59 Å². The zero-order chi connectivity index (χ0) is 29.3. The third kappa shape index (κ3) is 7.94. The van der Waals surface area contributed by atoms with Crippen molar-refractivity contribution in [3.05, 3.63) is 124 Å². The van der Waals surface area contributed by atoms with Gasteiger partial charge < -0.3 is 15.4 Å². The predicted octanol–water partition coefficient (Wildman–Crippen LogP) is 7.64. The minimum Gasteiger partial charge on any atom is -0.482 e. The quantitative estimate of drug-likeness (QED) is 0.111. The average Bonchev–Trinajstić information content (AvgIpc) is 3.47. The molecule has 210 valence electrons. The molecule has 1 aromatic heterocycles. The van der Waals surface area contributed by atoms with Crippen molar-refractivity contribution in [2.24, 2.45) is 5.10 Å². The fraction of sp³-hybridized carbons (Fsp3) is 0.0323. The summed E-state index contributed by atoms with van der Waals surface area (Å²) >= 11 is 13.7. The SMILES string of the molecule is O=C(COc1ccc(/C=N/NC(=O)c2ccc(-c3csc(Nc4ccccc4)n3)cc2)cc1Cl)Nc1ccc(Cl)cc1. The number of rotatable bonds is 10. The summed E-state index contributed by atoms with van der Waals surface area (Å²) in [5.74, 6) is -0.362. The van der Waals surface area contributed by atoms with Crippen LogP contribution < -0.4 is 20.8 Å². The summed E-state index contributed by atoms with van der Waals surface area (Å²) in [6.07, 6.45) is 1.46. The number of nitrogens with one attached hydrogen (secondary N) is 3. The second-order valence-electron chi connectivity index (χ2n) is 8.84. The van der Waals surface area contributed by atoms with E-state index in [1.54, 1.807) is 54.6 Å². The lowest BCUT2D eigenvalue weighted by molar-refractivity contribution is -0.118. The van der Waals surface area contributed by atoms with Gasteiger partial charge in [0, 0.05) is 32.9 Å². The van der Waals surface area contributed by atoms with Crippen molar-refractivity contribution in [2.75, 3.05) is 17.2 Å². The molecule has 0 fully saturated rings. The molecule has 0 bridgehead atoms. The first-order valence-electron chi connectivity index (χ1n) is 12.6. The molecule has 5 aromatic rings. The number of hydrogen-bond acceptors (Lipinski definition) is 7. The lowest BCUT2D eigenvalue weighted by atomic mass is 10.1. The summed E-state index contributed by atoms with van der Waals surface area (Å²) in [7, 11) is 0. The molecule has 0 saturated carbocycles. The summed E-state index contributed by atoms with van der Waals surface area (Å²) in [5, 5.41) is 13.6. The van der Waals surface area contributed by atoms with Crippen molar-refractivity contribution in [3.63, 3.8) is 0 Å². The largest absolute Gasteiger partial charge is 0.482 e. The topological polar surface area (TPSA) is 105 Å². The molecule has 42 heavy (non-hydrogen) atoms. The molecule has 0 saturated heterocycles. The number of aromatic nitrogens is 1. The maximum Gasteiger partial charge on any atom is 0.271 e. The Labute approximate surface area is 256 Å². The summed E-state index contributed by atoms with van der Waals surface area (Å²) in [6, 6.07) is 28.6. The Morgan fingerprint density at radius 1 is 0.905 bits per heavy atom. The highest BCUT2D eigenvalue weighted by Gasteiger charge is 2.10. The number of para-hydroxylation sites is 1. The van der Waals surface area contributed by atoms with Gasteiger partial charge in [0.1, 0.15) is 5.75 Å². The molecule has 11 heteroatoms. The number of benzene rings is 4. The number of halogens is 2. The van der Waals surface area contributed by atoms with Crippen molar-refractivity contribution >= 4 is 69.1 Å². The van der Waals surface area contributed by atoms with Crippen LogP contribution in [-0.2, 0) is 4.79 Å². The fourth-order valence-corrected chi connectivity index (χ4v) is 4.83. The van der Waals surface area contributed by atoms with Crippen LogP contribution in [0, 0.1) is 0 Å². The standard InChI is InChI=1S/C31H23Cl2N5O3S/c32-23-11-13-25(14-12-23)35-29(39)18-41-28-15-6-20(16-26(28)33)17-34-38-30(40)22-9-7-21(8-10-22)27-19-42-31(37-27)36-24-4-2-1-3-5-24/h1-17,19H,18H2,(H,35,39)(H,36,37)(H,38,40)/b34-17+. The molecule has 0 aliphatic rings. The highest BCUT2D eigenvalue weighted by atomic mass is 35.5. The minimum absolute atomic E-state index is 0.223. The highest BCUT2D eigenvalue weighted by Crippen LogP contribution is 2.28. The molecule has 0 radical (unpaired) electrons. The van der Waals surface area contributed by atoms with Crippen molar-refractivity contribution in [2.45, 2.75) is 0 Å². The lowest BCUT2D eigenvalue weighted by Gasteiger charge is -2.09. The Kier molecular flexibility index (Phi) is 9.45. The minimum atomic E-state index is -0.361. The molecule has 5 rings (SSSR count). The summed E-state index contributed by atoms with van der Waals surface area (Å²) < 4.78 is 5.53. The van der Waals surface area contributed by atoms with E-state index in [0.717, 1.165) is 22.1 Å². The number of nitrogens with zero attached hydrogens (tertiary/aromatic N) is 2. The van der Waals surface area contributed by atoms with E-state index in [0.29, 0.717) is 32.6 Å². The molecule has 8 nitrogen and oxygen atoms in total. The van der Waals surface area contributed by atoms with Crippen molar-refractivity contribution in [1.82, 2.24) is 10.4 Å². The van der Waals surface area contributed by atoms with Gasteiger partial charge in [-0.1, -0.05) is 53.5 Å². The second kappa shape index (κ2) is 13.8. The molecular formula is C31H23Cl2N5O3S. The zero-order valence-electron chi connectivity index (χ0n) is 21.9. The third-order valence-corrected chi connectivity index (χ3v) is 7.10. The number of anilines is 3. The monoisotopic (exact) mass is 615 g/mol. The van der Waals surface area contributed by atoms with Crippen molar-refractivity contribution in [3.8, 4) is 17.0 Å². The number of hydrogen-bond donors (Lipinski definition) is 3. The van der Waals surface area contributed by atoms with E-state index in [-0.39, 0.29) is 18.4 Å². The van der Waals surface area contributed by atoms with Gasteiger partial charge in [0.25, 0.3) is 11.8 Å². The van der Waals surface area contributed by atoms with Gasteiger partial charge in [0.2, 0.25) is 0 Å². The van der Waals surface area contributed by atoms with Crippen LogP contribution >= 0.6 is 34.5 Å². The Hall–Kier alpha value is -4.70. The predicted molar refractivity (Wildman–Crippen MR) is 169 cm³/mol. The van der Waals surface area contributed by atoms with E-state index < -0.39 is 0 Å². The average molecular weight is 617 g/mol.